The van der Waals surface area contributed by atoms with Gasteiger partial charge in [-0.25, -0.2) is 9.78 Å². The molecule has 1 aromatic carbocycles. The van der Waals surface area contributed by atoms with Crippen molar-refractivity contribution in [3.05, 3.63) is 53.5 Å². The normalized spacial score (nSPS) is 10.8. The smallest absolute Gasteiger partial charge is 0.356 e. The van der Waals surface area contributed by atoms with E-state index >= 15 is 0 Å². The summed E-state index contributed by atoms with van der Waals surface area (Å²) >= 11 is 1.64. The van der Waals surface area contributed by atoms with Crippen molar-refractivity contribution in [1.82, 2.24) is 4.98 Å². The number of esters is 1. The van der Waals surface area contributed by atoms with Gasteiger partial charge in [-0.2, -0.15) is 0 Å². The fourth-order valence-electron chi connectivity index (χ4n) is 2.26. The number of hydrogen-bond donors (Lipinski definition) is 0. The van der Waals surface area contributed by atoms with Crippen LogP contribution < -0.4 is 0 Å². The molecule has 0 aliphatic carbocycles. The molecule has 22 heavy (non-hydrogen) atoms. The summed E-state index contributed by atoms with van der Waals surface area (Å²) in [6, 6.07) is 13.8. The van der Waals surface area contributed by atoms with Gasteiger partial charge in [-0.15, -0.1) is 11.3 Å². The molecule has 3 nitrogen and oxygen atoms in total. The van der Waals surface area contributed by atoms with Crippen molar-refractivity contribution in [2.45, 2.75) is 19.8 Å². The Balaban J connectivity index is 2.01. The molecule has 0 spiro atoms. The summed E-state index contributed by atoms with van der Waals surface area (Å²) in [5, 5.41) is 3.05. The van der Waals surface area contributed by atoms with E-state index in [2.05, 4.69) is 11.9 Å². The number of hydrogen-bond acceptors (Lipinski definition) is 4. The van der Waals surface area contributed by atoms with Gasteiger partial charge >= 0.3 is 5.97 Å². The van der Waals surface area contributed by atoms with Gasteiger partial charge in [0.05, 0.1) is 17.0 Å². The highest BCUT2D eigenvalue weighted by atomic mass is 32.1. The van der Waals surface area contributed by atoms with Crippen LogP contribution >= 0.6 is 11.3 Å². The van der Waals surface area contributed by atoms with E-state index in [1.54, 1.807) is 11.3 Å². The minimum Gasteiger partial charge on any atom is -0.461 e. The third-order valence-corrected chi connectivity index (χ3v) is 4.36. The van der Waals surface area contributed by atoms with E-state index in [-0.39, 0.29) is 5.97 Å². The molecule has 0 aliphatic rings. The number of fused-ring (bicyclic) bond motifs is 1. The van der Waals surface area contributed by atoms with Crippen molar-refractivity contribution in [3.8, 4) is 11.3 Å². The van der Waals surface area contributed by atoms with E-state index in [9.17, 15) is 4.79 Å². The highest BCUT2D eigenvalue weighted by Crippen LogP contribution is 2.31. The van der Waals surface area contributed by atoms with Crippen LogP contribution in [-0.4, -0.2) is 17.6 Å². The number of carbonyl (C=O) groups is 1. The minimum absolute atomic E-state index is 0.348. The molecule has 0 fully saturated rings. The SMILES string of the molecule is CCCCOC(=O)c1cc2ccsc2c(-c2ccccc2)n1. The second kappa shape index (κ2) is 6.71. The van der Waals surface area contributed by atoms with Crippen LogP contribution in [-0.2, 0) is 4.74 Å². The average molecular weight is 311 g/mol. The molecule has 3 rings (SSSR count). The van der Waals surface area contributed by atoms with Crippen LogP contribution in [0, 0.1) is 0 Å². The highest BCUT2D eigenvalue weighted by Gasteiger charge is 2.15. The summed E-state index contributed by atoms with van der Waals surface area (Å²) in [4.78, 5) is 16.7. The first-order chi connectivity index (χ1) is 10.8. The Bertz CT molecular complexity index is 780. The molecule has 0 N–H and O–H groups in total. The van der Waals surface area contributed by atoms with Gasteiger partial charge in [0.1, 0.15) is 5.69 Å². The van der Waals surface area contributed by atoms with E-state index in [1.807, 2.05) is 47.8 Å². The van der Waals surface area contributed by atoms with Gasteiger partial charge in [0, 0.05) is 5.56 Å². The summed E-state index contributed by atoms with van der Waals surface area (Å²) in [6.45, 7) is 2.51. The number of nitrogens with zero attached hydrogens (tertiary/aromatic N) is 1. The van der Waals surface area contributed by atoms with Gasteiger partial charge in [-0.3, -0.25) is 0 Å². The predicted octanol–water partition coefficient (Wildman–Crippen LogP) is 4.92. The molecule has 0 bridgehead atoms. The van der Waals surface area contributed by atoms with Crippen LogP contribution in [0.4, 0.5) is 0 Å². The van der Waals surface area contributed by atoms with Gasteiger partial charge in [0.2, 0.25) is 0 Å². The molecule has 3 aromatic rings. The van der Waals surface area contributed by atoms with E-state index in [1.165, 1.54) is 0 Å². The van der Waals surface area contributed by atoms with Crippen LogP contribution in [0.2, 0.25) is 0 Å². The van der Waals surface area contributed by atoms with Gasteiger partial charge in [-0.05, 0) is 29.3 Å². The minimum atomic E-state index is -0.348. The Kier molecular flexibility index (Phi) is 4.49. The maximum Gasteiger partial charge on any atom is 0.356 e. The molecular formula is C18H17NO2S. The summed E-state index contributed by atoms with van der Waals surface area (Å²) in [7, 11) is 0. The molecule has 0 radical (unpaired) electrons. The third-order valence-electron chi connectivity index (χ3n) is 3.42. The molecule has 0 unspecified atom stereocenters. The molecule has 112 valence electrons. The fourth-order valence-corrected chi connectivity index (χ4v) is 3.14. The van der Waals surface area contributed by atoms with Crippen LogP contribution in [0.5, 0.6) is 0 Å². The molecule has 0 atom stereocenters. The zero-order valence-corrected chi connectivity index (χ0v) is 13.2. The lowest BCUT2D eigenvalue weighted by atomic mass is 10.1. The van der Waals surface area contributed by atoms with Gasteiger partial charge < -0.3 is 4.74 Å². The summed E-state index contributed by atoms with van der Waals surface area (Å²) in [5.41, 5.74) is 2.23. The maximum atomic E-state index is 12.2. The monoisotopic (exact) mass is 311 g/mol. The maximum absolute atomic E-state index is 12.2. The first-order valence-corrected chi connectivity index (χ1v) is 8.28. The molecular weight excluding hydrogens is 294 g/mol. The largest absolute Gasteiger partial charge is 0.461 e. The molecule has 2 aromatic heterocycles. The number of benzene rings is 1. The fraction of sp³-hybridized carbons (Fsp3) is 0.222. The number of unbranched alkanes of at least 4 members (excludes halogenated alkanes) is 1. The number of rotatable bonds is 5. The van der Waals surface area contributed by atoms with Crippen LogP contribution in [0.3, 0.4) is 0 Å². The first kappa shape index (κ1) is 14.7. The predicted molar refractivity (Wildman–Crippen MR) is 90.2 cm³/mol. The molecule has 0 aliphatic heterocycles. The van der Waals surface area contributed by atoms with E-state index in [4.69, 9.17) is 4.74 Å². The van der Waals surface area contributed by atoms with E-state index in [0.29, 0.717) is 12.3 Å². The molecule has 0 saturated heterocycles. The van der Waals surface area contributed by atoms with E-state index in [0.717, 1.165) is 34.2 Å². The highest BCUT2D eigenvalue weighted by molar-refractivity contribution is 7.17. The number of pyridine rings is 1. The zero-order chi connectivity index (χ0) is 15.4. The van der Waals surface area contributed by atoms with Gasteiger partial charge in [-0.1, -0.05) is 43.7 Å². The molecule has 0 saturated carbocycles. The van der Waals surface area contributed by atoms with Crippen LogP contribution in [0.1, 0.15) is 30.3 Å². The number of thiophene rings is 1. The summed E-state index contributed by atoms with van der Waals surface area (Å²) in [6.07, 6.45) is 1.87. The molecule has 0 amide bonds. The molecule has 2 heterocycles. The van der Waals surface area contributed by atoms with Crippen molar-refractivity contribution in [2.24, 2.45) is 0 Å². The van der Waals surface area contributed by atoms with E-state index < -0.39 is 0 Å². The quantitative estimate of drug-likeness (QED) is 0.496. The van der Waals surface area contributed by atoms with Gasteiger partial charge in [0.25, 0.3) is 0 Å². The Morgan fingerprint density at radius 1 is 1.23 bits per heavy atom. The lowest BCUT2D eigenvalue weighted by Crippen LogP contribution is -2.09. The zero-order valence-electron chi connectivity index (χ0n) is 12.4. The molecule has 4 heteroatoms. The number of carbonyl (C=O) groups excluding carboxylic acids is 1. The topological polar surface area (TPSA) is 39.2 Å². The lowest BCUT2D eigenvalue weighted by Gasteiger charge is -2.07. The van der Waals surface area contributed by atoms with Crippen molar-refractivity contribution in [2.75, 3.05) is 6.61 Å². The second-order valence-electron chi connectivity index (χ2n) is 5.05. The summed E-state index contributed by atoms with van der Waals surface area (Å²) in [5.74, 6) is -0.348. The Hall–Kier alpha value is -2.20. The Morgan fingerprint density at radius 2 is 2.05 bits per heavy atom. The van der Waals surface area contributed by atoms with Crippen molar-refractivity contribution in [3.63, 3.8) is 0 Å². The second-order valence-corrected chi connectivity index (χ2v) is 5.97. The van der Waals surface area contributed by atoms with Gasteiger partial charge in [0.15, 0.2) is 0 Å². The van der Waals surface area contributed by atoms with Crippen molar-refractivity contribution < 1.29 is 9.53 Å². The third kappa shape index (κ3) is 3.02. The van der Waals surface area contributed by atoms with Crippen molar-refractivity contribution >= 4 is 27.4 Å². The summed E-state index contributed by atoms with van der Waals surface area (Å²) < 4.78 is 6.38. The number of ether oxygens (including phenoxy) is 1. The van der Waals surface area contributed by atoms with Crippen LogP contribution in [0.15, 0.2) is 47.8 Å². The lowest BCUT2D eigenvalue weighted by molar-refractivity contribution is 0.0493. The number of aromatic nitrogens is 1. The Morgan fingerprint density at radius 3 is 2.82 bits per heavy atom. The van der Waals surface area contributed by atoms with Crippen molar-refractivity contribution in [1.29, 1.82) is 0 Å². The standard InChI is InChI=1S/C18H17NO2S/c1-2-3-10-21-18(20)15-12-14-9-11-22-17(14)16(19-15)13-7-5-4-6-8-13/h4-9,11-12H,2-3,10H2,1H3. The Labute approximate surface area is 133 Å². The van der Waals surface area contributed by atoms with Crippen LogP contribution in [0.25, 0.3) is 21.3 Å². The first-order valence-electron chi connectivity index (χ1n) is 7.40. The average Bonchev–Trinajstić information content (AvgIpc) is 3.03.